The Hall–Kier alpha value is -2.75. The van der Waals surface area contributed by atoms with Gasteiger partial charge in [-0.25, -0.2) is 0 Å². The van der Waals surface area contributed by atoms with E-state index in [0.29, 0.717) is 6.54 Å². The van der Waals surface area contributed by atoms with Crippen molar-refractivity contribution in [1.82, 2.24) is 4.90 Å². The van der Waals surface area contributed by atoms with E-state index in [0.717, 1.165) is 11.8 Å². The van der Waals surface area contributed by atoms with Crippen LogP contribution in [0.15, 0.2) is 34.5 Å². The molecule has 0 aromatic heterocycles. The van der Waals surface area contributed by atoms with Crippen LogP contribution >= 0.6 is 11.8 Å². The molecule has 0 bridgehead atoms. The molecule has 1 fully saturated rings. The number of thioether (sulfide) groups is 1. The summed E-state index contributed by atoms with van der Waals surface area (Å²) in [5.74, 6) is -1.40. The van der Waals surface area contributed by atoms with Crippen LogP contribution in [0.3, 0.4) is 0 Å². The summed E-state index contributed by atoms with van der Waals surface area (Å²) in [4.78, 5) is 34.6. The summed E-state index contributed by atoms with van der Waals surface area (Å²) in [6.07, 6.45) is 0.932. The van der Waals surface area contributed by atoms with Crippen LogP contribution < -0.4 is 0 Å². The van der Waals surface area contributed by atoms with Gasteiger partial charge in [0.15, 0.2) is 5.17 Å². The molecule has 0 spiro atoms. The zero-order valence-corrected chi connectivity index (χ0v) is 13.5. The van der Waals surface area contributed by atoms with E-state index >= 15 is 0 Å². The van der Waals surface area contributed by atoms with Crippen molar-refractivity contribution in [2.75, 3.05) is 6.54 Å². The first-order chi connectivity index (χ1) is 11.4. The van der Waals surface area contributed by atoms with Crippen LogP contribution in [0, 0.1) is 10.1 Å². The van der Waals surface area contributed by atoms with Crippen molar-refractivity contribution in [1.29, 1.82) is 0 Å². The lowest BCUT2D eigenvalue weighted by Crippen LogP contribution is -2.32. The summed E-state index contributed by atoms with van der Waals surface area (Å²) in [6.45, 7) is 2.07. The second kappa shape index (κ2) is 7.68. The second-order valence-electron chi connectivity index (χ2n) is 4.73. The molecule has 1 saturated heterocycles. The first kappa shape index (κ1) is 17.6. The van der Waals surface area contributed by atoms with E-state index in [4.69, 9.17) is 5.11 Å². The van der Waals surface area contributed by atoms with Crippen molar-refractivity contribution in [3.63, 3.8) is 0 Å². The summed E-state index contributed by atoms with van der Waals surface area (Å²) < 4.78 is 0. The fourth-order valence-corrected chi connectivity index (χ4v) is 3.22. The average molecular weight is 350 g/mol. The number of carbonyl (C=O) groups is 2. The third-order valence-corrected chi connectivity index (χ3v) is 4.34. The van der Waals surface area contributed by atoms with Gasteiger partial charge in [0.25, 0.3) is 5.69 Å². The van der Waals surface area contributed by atoms with E-state index in [9.17, 15) is 19.7 Å². The lowest BCUT2D eigenvalue weighted by atomic mass is 10.2. The molecule has 24 heavy (non-hydrogen) atoms. The van der Waals surface area contributed by atoms with Crippen LogP contribution in [0.2, 0.25) is 0 Å². The van der Waals surface area contributed by atoms with E-state index in [2.05, 4.69) is 10.2 Å². The zero-order valence-electron chi connectivity index (χ0n) is 12.7. The Morgan fingerprint density at radius 1 is 1.50 bits per heavy atom. The SMILES string of the molecule is CCN1C(=O)C(CC(=O)O)S/C1=N\N=C\c1ccccc1[N+](=O)[O-]. The molecule has 1 aromatic carbocycles. The topological polar surface area (TPSA) is 125 Å². The molecule has 1 N–H and O–H groups in total. The molecule has 1 heterocycles. The molecule has 1 unspecified atom stereocenters. The second-order valence-corrected chi connectivity index (χ2v) is 5.90. The number of carboxylic acid groups (broad SMARTS) is 1. The van der Waals surface area contributed by atoms with E-state index < -0.39 is 16.1 Å². The van der Waals surface area contributed by atoms with Crippen LogP contribution in [0.1, 0.15) is 18.9 Å². The lowest BCUT2D eigenvalue weighted by molar-refractivity contribution is -0.385. The van der Waals surface area contributed by atoms with Gasteiger partial charge >= 0.3 is 5.97 Å². The number of amides is 1. The van der Waals surface area contributed by atoms with E-state index in [1.165, 1.54) is 23.2 Å². The van der Waals surface area contributed by atoms with E-state index in [1.807, 2.05) is 0 Å². The van der Waals surface area contributed by atoms with E-state index in [-0.39, 0.29) is 28.7 Å². The Labute approximate surface area is 141 Å². The van der Waals surface area contributed by atoms with Gasteiger partial charge in [0.05, 0.1) is 23.1 Å². The van der Waals surface area contributed by atoms with Gasteiger partial charge in [0.2, 0.25) is 5.91 Å². The van der Waals surface area contributed by atoms with Gasteiger partial charge in [0.1, 0.15) is 5.25 Å². The average Bonchev–Trinajstić information content (AvgIpc) is 2.82. The van der Waals surface area contributed by atoms with Gasteiger partial charge in [-0.2, -0.15) is 5.10 Å². The van der Waals surface area contributed by atoms with Gasteiger partial charge < -0.3 is 5.11 Å². The molecule has 1 aliphatic rings. The minimum Gasteiger partial charge on any atom is -0.481 e. The van der Waals surface area contributed by atoms with E-state index in [1.54, 1.807) is 19.1 Å². The number of carboxylic acids is 1. The van der Waals surface area contributed by atoms with Gasteiger partial charge in [-0.1, -0.05) is 23.9 Å². The first-order valence-electron chi connectivity index (χ1n) is 6.98. The number of carbonyl (C=O) groups excluding carboxylic acids is 1. The Balaban J connectivity index is 2.20. The smallest absolute Gasteiger partial charge is 0.305 e. The molecule has 9 nitrogen and oxygen atoms in total. The molecule has 10 heteroatoms. The molecule has 0 radical (unpaired) electrons. The number of hydrogen-bond acceptors (Lipinski definition) is 7. The van der Waals surface area contributed by atoms with Crippen molar-refractivity contribution in [2.24, 2.45) is 10.2 Å². The van der Waals surface area contributed by atoms with Crippen molar-refractivity contribution in [3.8, 4) is 0 Å². The molecular weight excluding hydrogens is 336 g/mol. The number of rotatable bonds is 6. The fraction of sp³-hybridized carbons (Fsp3) is 0.286. The quantitative estimate of drug-likeness (QED) is 0.473. The number of benzene rings is 1. The standard InChI is InChI=1S/C14H14N4O5S/c1-2-17-13(21)11(7-12(19)20)24-14(17)16-15-8-9-5-3-4-6-10(9)18(22)23/h3-6,8,11H,2,7H2,1H3,(H,19,20)/b15-8+,16-14-. The molecule has 1 amide bonds. The maximum absolute atomic E-state index is 12.1. The molecule has 2 rings (SSSR count). The Morgan fingerprint density at radius 3 is 2.83 bits per heavy atom. The van der Waals surface area contributed by atoms with Crippen molar-refractivity contribution in [2.45, 2.75) is 18.6 Å². The van der Waals surface area contributed by atoms with Crippen molar-refractivity contribution >= 4 is 40.7 Å². The summed E-state index contributed by atoms with van der Waals surface area (Å²) in [5, 5.41) is 27.0. The number of amidine groups is 1. The van der Waals surface area contributed by atoms with Gasteiger partial charge in [-0.15, -0.1) is 5.10 Å². The third-order valence-electron chi connectivity index (χ3n) is 3.17. The molecule has 126 valence electrons. The van der Waals surface area contributed by atoms with Crippen LogP contribution in [0.4, 0.5) is 5.69 Å². The largest absolute Gasteiger partial charge is 0.481 e. The summed E-state index contributed by atoms with van der Waals surface area (Å²) in [6, 6.07) is 6.06. The predicted octanol–water partition coefficient (Wildman–Crippen LogP) is 1.72. The molecule has 1 aromatic rings. The summed E-state index contributed by atoms with van der Waals surface area (Å²) in [7, 11) is 0. The van der Waals surface area contributed by atoms with Crippen LogP contribution in [0.25, 0.3) is 0 Å². The number of nitrogens with zero attached hydrogens (tertiary/aromatic N) is 4. The van der Waals surface area contributed by atoms with Gasteiger partial charge in [-0.05, 0) is 13.0 Å². The highest BCUT2D eigenvalue weighted by Gasteiger charge is 2.38. The normalized spacial score (nSPS) is 19.4. The minimum atomic E-state index is -1.07. The highest BCUT2D eigenvalue weighted by atomic mass is 32.2. The minimum absolute atomic E-state index is 0.104. The maximum Gasteiger partial charge on any atom is 0.305 e. The molecule has 1 atom stereocenters. The predicted molar refractivity (Wildman–Crippen MR) is 89.1 cm³/mol. The summed E-state index contributed by atoms with van der Waals surface area (Å²) in [5.41, 5.74) is 0.180. The number of aliphatic carboxylic acids is 1. The Kier molecular flexibility index (Phi) is 5.64. The number of hydrogen-bond donors (Lipinski definition) is 1. The van der Waals surface area contributed by atoms with Crippen LogP contribution in [-0.2, 0) is 9.59 Å². The number of nitro groups is 1. The lowest BCUT2D eigenvalue weighted by Gasteiger charge is -2.11. The monoisotopic (exact) mass is 350 g/mol. The van der Waals surface area contributed by atoms with Crippen molar-refractivity contribution in [3.05, 3.63) is 39.9 Å². The maximum atomic E-state index is 12.1. The number of nitro benzene ring substituents is 1. The molecular formula is C14H14N4O5S. The highest BCUT2D eigenvalue weighted by molar-refractivity contribution is 8.15. The van der Waals surface area contributed by atoms with Crippen molar-refractivity contribution < 1.29 is 19.6 Å². The fourth-order valence-electron chi connectivity index (χ4n) is 2.07. The first-order valence-corrected chi connectivity index (χ1v) is 7.86. The molecule has 1 aliphatic heterocycles. The Bertz CT molecular complexity index is 734. The molecule has 0 aliphatic carbocycles. The van der Waals surface area contributed by atoms with Crippen LogP contribution in [0.5, 0.6) is 0 Å². The zero-order chi connectivity index (χ0) is 17.7. The third kappa shape index (κ3) is 3.96. The van der Waals surface area contributed by atoms with Gasteiger partial charge in [-0.3, -0.25) is 24.6 Å². The Morgan fingerprint density at radius 2 is 2.21 bits per heavy atom. The van der Waals surface area contributed by atoms with Crippen LogP contribution in [-0.4, -0.2) is 50.0 Å². The summed E-state index contributed by atoms with van der Waals surface area (Å²) >= 11 is 1.02. The highest BCUT2D eigenvalue weighted by Crippen LogP contribution is 2.29. The number of para-hydroxylation sites is 1. The van der Waals surface area contributed by atoms with Gasteiger partial charge in [0, 0.05) is 12.6 Å². The molecule has 0 saturated carbocycles.